The molecule has 3 nitrogen and oxygen atoms in total. The summed E-state index contributed by atoms with van der Waals surface area (Å²) in [6, 6.07) is 20.7. The first-order chi connectivity index (χ1) is 15.8. The van der Waals surface area contributed by atoms with Crippen LogP contribution in [0.5, 0.6) is 0 Å². The van der Waals surface area contributed by atoms with Crippen molar-refractivity contribution < 1.29 is 4.79 Å². The van der Waals surface area contributed by atoms with Crippen molar-refractivity contribution in [2.24, 2.45) is 0 Å². The molecule has 6 heteroatoms. The molecule has 2 aromatic carbocycles. The number of hydrogen-bond donors (Lipinski definition) is 1. The zero-order chi connectivity index (χ0) is 21.5. The Morgan fingerprint density at radius 1 is 0.938 bits per heavy atom. The molecule has 0 unspecified atom stereocenters. The molecule has 0 spiro atoms. The first kappa shape index (κ1) is 20.6. The minimum atomic E-state index is -0.0773. The Morgan fingerprint density at radius 3 is 2.41 bits per heavy atom. The maximum absolute atomic E-state index is 13.7. The summed E-state index contributed by atoms with van der Waals surface area (Å²) in [6.07, 6.45) is 5.35. The summed E-state index contributed by atoms with van der Waals surface area (Å²) in [5.74, 6) is 2.52. The Morgan fingerprint density at radius 2 is 1.66 bits per heavy atom. The number of rotatable bonds is 2. The van der Waals surface area contributed by atoms with E-state index in [1.807, 2.05) is 47.8 Å². The zero-order valence-electron chi connectivity index (χ0n) is 17.6. The highest BCUT2D eigenvalue weighted by atomic mass is 32.2. The summed E-state index contributed by atoms with van der Waals surface area (Å²) in [6.45, 7) is 0. The Labute approximate surface area is 201 Å². The second-order valence-corrected chi connectivity index (χ2v) is 11.9. The first-order valence-corrected chi connectivity index (χ1v) is 13.9. The molecule has 2 fully saturated rings. The molecule has 162 valence electrons. The van der Waals surface area contributed by atoms with E-state index in [9.17, 15) is 4.79 Å². The van der Waals surface area contributed by atoms with Crippen LogP contribution in [0.15, 0.2) is 86.6 Å². The van der Waals surface area contributed by atoms with Crippen LogP contribution >= 0.6 is 35.3 Å². The normalized spacial score (nSPS) is 26.4. The lowest BCUT2D eigenvalue weighted by atomic mass is 9.83. The van der Waals surface area contributed by atoms with Crippen LogP contribution in [0.2, 0.25) is 0 Å². The molecule has 1 amide bonds. The van der Waals surface area contributed by atoms with Gasteiger partial charge in [0.1, 0.15) is 0 Å². The first-order valence-electron chi connectivity index (χ1n) is 11.1. The maximum Gasteiger partial charge on any atom is 0.263 e. The van der Waals surface area contributed by atoms with Crippen LogP contribution in [0.25, 0.3) is 6.08 Å². The lowest BCUT2D eigenvalue weighted by molar-refractivity contribution is -0.128. The molecule has 32 heavy (non-hydrogen) atoms. The molecule has 3 heterocycles. The third kappa shape index (κ3) is 3.62. The van der Waals surface area contributed by atoms with E-state index in [2.05, 4.69) is 52.7 Å². The summed E-state index contributed by atoms with van der Waals surface area (Å²) in [5, 5.41) is 3.81. The quantitative estimate of drug-likeness (QED) is 0.510. The fourth-order valence-corrected chi connectivity index (χ4v) is 8.73. The fourth-order valence-electron chi connectivity index (χ4n) is 4.94. The van der Waals surface area contributed by atoms with E-state index < -0.39 is 0 Å². The summed E-state index contributed by atoms with van der Waals surface area (Å²) in [7, 11) is 0. The van der Waals surface area contributed by atoms with Gasteiger partial charge < -0.3 is 5.32 Å². The number of allylic oxidation sites excluding steroid dienone is 1. The van der Waals surface area contributed by atoms with Crippen LogP contribution in [-0.4, -0.2) is 27.8 Å². The lowest BCUT2D eigenvalue weighted by Crippen LogP contribution is -2.49. The van der Waals surface area contributed by atoms with Gasteiger partial charge in [-0.3, -0.25) is 9.69 Å². The number of thioether (sulfide) groups is 3. The number of hydrogen-bond acceptors (Lipinski definition) is 5. The smallest absolute Gasteiger partial charge is 0.263 e. The van der Waals surface area contributed by atoms with Crippen molar-refractivity contribution in [3.05, 3.63) is 97.8 Å². The standard InChI is InChI=1S/C26H24N2OS3/c29-24-21(16-17-8-3-1-4-9-17)32-26-27-22-19(12-7-13-20(22)25-30-14-15-31-25)23(28(24)26)18-10-5-2-6-11-18/h1-6,8-11,16,23,26-27H,7,12-15H2/b21-16-/t23-,26-/m1/s1. The van der Waals surface area contributed by atoms with Crippen molar-refractivity contribution in [3.8, 4) is 0 Å². The molecule has 0 saturated carbocycles. The van der Waals surface area contributed by atoms with Crippen molar-refractivity contribution in [1.29, 1.82) is 0 Å². The van der Waals surface area contributed by atoms with Crippen LogP contribution < -0.4 is 5.32 Å². The molecule has 1 N–H and O–H groups in total. The highest BCUT2D eigenvalue weighted by Crippen LogP contribution is 2.52. The van der Waals surface area contributed by atoms with Crippen LogP contribution in [0.1, 0.15) is 36.4 Å². The summed E-state index contributed by atoms with van der Waals surface area (Å²) in [4.78, 5) is 16.6. The average Bonchev–Trinajstić information content (AvgIpc) is 3.47. The van der Waals surface area contributed by atoms with Gasteiger partial charge >= 0.3 is 0 Å². The molecule has 2 aromatic rings. The Kier molecular flexibility index (Phi) is 5.61. The molecule has 0 aromatic heterocycles. The molecule has 0 bridgehead atoms. The molecule has 3 aliphatic heterocycles. The van der Waals surface area contributed by atoms with Gasteiger partial charge in [0.2, 0.25) is 0 Å². The average molecular weight is 477 g/mol. The van der Waals surface area contributed by atoms with E-state index >= 15 is 0 Å². The summed E-state index contributed by atoms with van der Waals surface area (Å²) < 4.78 is 1.49. The third-order valence-electron chi connectivity index (χ3n) is 6.32. The second-order valence-electron chi connectivity index (χ2n) is 8.28. The summed E-state index contributed by atoms with van der Waals surface area (Å²) >= 11 is 5.65. The molecule has 6 rings (SSSR count). The van der Waals surface area contributed by atoms with E-state index in [0.717, 1.165) is 29.7 Å². The van der Waals surface area contributed by atoms with Crippen LogP contribution in [0.4, 0.5) is 0 Å². The predicted molar refractivity (Wildman–Crippen MR) is 138 cm³/mol. The molecule has 1 aliphatic carbocycles. The predicted octanol–water partition coefficient (Wildman–Crippen LogP) is 6.36. The van der Waals surface area contributed by atoms with Gasteiger partial charge in [-0.25, -0.2) is 0 Å². The maximum atomic E-state index is 13.7. The Hall–Kier alpha value is -2.02. The van der Waals surface area contributed by atoms with E-state index in [1.165, 1.54) is 38.1 Å². The van der Waals surface area contributed by atoms with Gasteiger partial charge in [0.05, 0.1) is 10.9 Å². The fraction of sp³-hybridized carbons (Fsp3) is 0.269. The monoisotopic (exact) mass is 476 g/mol. The number of amides is 1. The number of nitrogens with zero attached hydrogens (tertiary/aromatic N) is 1. The zero-order valence-corrected chi connectivity index (χ0v) is 20.1. The lowest BCUT2D eigenvalue weighted by Gasteiger charge is -2.43. The molecular formula is C26H24N2OS3. The third-order valence-corrected chi connectivity index (χ3v) is 10.2. The van der Waals surface area contributed by atoms with Gasteiger partial charge in [0, 0.05) is 21.4 Å². The van der Waals surface area contributed by atoms with Crippen molar-refractivity contribution in [3.63, 3.8) is 0 Å². The number of nitrogens with one attached hydrogen (secondary N) is 1. The van der Waals surface area contributed by atoms with Gasteiger partial charge in [-0.15, -0.1) is 23.5 Å². The van der Waals surface area contributed by atoms with Crippen molar-refractivity contribution in [2.45, 2.75) is 30.8 Å². The minimum absolute atomic E-state index is 0.00794. The van der Waals surface area contributed by atoms with Crippen molar-refractivity contribution >= 4 is 47.3 Å². The van der Waals surface area contributed by atoms with E-state index in [1.54, 1.807) is 11.8 Å². The molecule has 4 aliphatic rings. The summed E-state index contributed by atoms with van der Waals surface area (Å²) in [5.41, 5.74) is 6.37. The van der Waals surface area contributed by atoms with Crippen LogP contribution in [0.3, 0.4) is 0 Å². The highest BCUT2D eigenvalue weighted by Gasteiger charge is 2.47. The molecule has 2 saturated heterocycles. The van der Waals surface area contributed by atoms with Gasteiger partial charge in [0.15, 0.2) is 5.50 Å². The topological polar surface area (TPSA) is 32.3 Å². The number of carbonyl (C=O) groups is 1. The van der Waals surface area contributed by atoms with Gasteiger partial charge in [-0.1, -0.05) is 72.4 Å². The number of fused-ring (bicyclic) bond motifs is 1. The molecule has 2 atom stereocenters. The largest absolute Gasteiger partial charge is 0.356 e. The molecular weight excluding hydrogens is 453 g/mol. The van der Waals surface area contributed by atoms with E-state index in [4.69, 9.17) is 0 Å². The number of benzene rings is 2. The van der Waals surface area contributed by atoms with Crippen LogP contribution in [0, 0.1) is 0 Å². The van der Waals surface area contributed by atoms with Crippen LogP contribution in [-0.2, 0) is 4.79 Å². The Balaban J connectivity index is 1.46. The van der Waals surface area contributed by atoms with E-state index in [-0.39, 0.29) is 17.4 Å². The number of carbonyl (C=O) groups excluding carboxylic acids is 1. The second kappa shape index (κ2) is 8.73. The van der Waals surface area contributed by atoms with Crippen molar-refractivity contribution in [2.75, 3.05) is 11.5 Å². The highest BCUT2D eigenvalue weighted by molar-refractivity contribution is 8.25. The Bertz CT molecular complexity index is 1130. The SMILES string of the molecule is O=C1/C(=C/c2ccccc2)S[C@@H]2NC3=C(CCCC3=C3SCCS3)[C@@H](c3ccccc3)N12. The van der Waals surface area contributed by atoms with Gasteiger partial charge in [0.25, 0.3) is 5.91 Å². The van der Waals surface area contributed by atoms with Gasteiger partial charge in [-0.2, -0.15) is 0 Å². The van der Waals surface area contributed by atoms with Gasteiger partial charge in [-0.05, 0) is 47.6 Å². The molecule has 0 radical (unpaired) electrons. The van der Waals surface area contributed by atoms with E-state index in [0.29, 0.717) is 0 Å². The van der Waals surface area contributed by atoms with Crippen molar-refractivity contribution in [1.82, 2.24) is 10.2 Å². The minimum Gasteiger partial charge on any atom is -0.356 e.